The Kier molecular flexibility index (Phi) is 4.46. The molecule has 2 aromatic rings. The van der Waals surface area contributed by atoms with Crippen molar-refractivity contribution in [2.75, 3.05) is 0 Å². The molecule has 4 nitrogen and oxygen atoms in total. The average molecular weight is 302 g/mol. The lowest BCUT2D eigenvalue weighted by Crippen LogP contribution is -2.01. The van der Waals surface area contributed by atoms with Gasteiger partial charge in [-0.15, -0.1) is 0 Å². The smallest absolute Gasteiger partial charge is 0.337 e. The highest BCUT2D eigenvalue weighted by molar-refractivity contribution is 6.33. The SMILES string of the molecule is Cc1cc(C#N)ccc1COc1ccc(Cl)c(C(=O)O)c1. The second-order valence-electron chi connectivity index (χ2n) is 4.49. The molecule has 0 atom stereocenters. The van der Waals surface area contributed by atoms with Gasteiger partial charge in [0.25, 0.3) is 0 Å². The molecule has 5 heteroatoms. The zero-order valence-electron chi connectivity index (χ0n) is 11.3. The number of ether oxygens (including phenoxy) is 1. The van der Waals surface area contributed by atoms with Gasteiger partial charge in [0.2, 0.25) is 0 Å². The van der Waals surface area contributed by atoms with Gasteiger partial charge in [-0.25, -0.2) is 4.79 Å². The molecule has 106 valence electrons. The average Bonchev–Trinajstić information content (AvgIpc) is 2.47. The van der Waals surface area contributed by atoms with Gasteiger partial charge in [-0.1, -0.05) is 17.7 Å². The lowest BCUT2D eigenvalue weighted by atomic mass is 10.1. The number of aryl methyl sites for hydroxylation is 1. The lowest BCUT2D eigenvalue weighted by molar-refractivity contribution is 0.0696. The van der Waals surface area contributed by atoms with E-state index in [1.54, 1.807) is 18.2 Å². The van der Waals surface area contributed by atoms with E-state index in [2.05, 4.69) is 6.07 Å². The van der Waals surface area contributed by atoms with E-state index in [4.69, 9.17) is 26.7 Å². The Bertz CT molecular complexity index is 735. The molecule has 0 spiro atoms. The van der Waals surface area contributed by atoms with Crippen LogP contribution >= 0.6 is 11.6 Å². The van der Waals surface area contributed by atoms with Crippen LogP contribution in [0.25, 0.3) is 0 Å². The van der Waals surface area contributed by atoms with Gasteiger partial charge in [0, 0.05) is 0 Å². The minimum atomic E-state index is -1.10. The highest BCUT2D eigenvalue weighted by Gasteiger charge is 2.10. The van der Waals surface area contributed by atoms with Crippen LogP contribution in [0.15, 0.2) is 36.4 Å². The van der Waals surface area contributed by atoms with Crippen molar-refractivity contribution < 1.29 is 14.6 Å². The largest absolute Gasteiger partial charge is 0.489 e. The first-order chi connectivity index (χ1) is 10.0. The number of benzene rings is 2. The van der Waals surface area contributed by atoms with Crippen LogP contribution in [0.5, 0.6) is 5.75 Å². The minimum Gasteiger partial charge on any atom is -0.489 e. The van der Waals surface area contributed by atoms with Crippen molar-refractivity contribution in [1.82, 2.24) is 0 Å². The predicted octanol–water partition coefficient (Wildman–Crippen LogP) is 3.80. The molecule has 0 aliphatic rings. The molecule has 21 heavy (non-hydrogen) atoms. The van der Waals surface area contributed by atoms with Gasteiger partial charge in [-0.3, -0.25) is 0 Å². The summed E-state index contributed by atoms with van der Waals surface area (Å²) >= 11 is 5.80. The van der Waals surface area contributed by atoms with Crippen molar-refractivity contribution in [3.63, 3.8) is 0 Å². The molecule has 0 unspecified atom stereocenters. The van der Waals surface area contributed by atoms with E-state index >= 15 is 0 Å². The second-order valence-corrected chi connectivity index (χ2v) is 4.90. The highest BCUT2D eigenvalue weighted by Crippen LogP contribution is 2.23. The van der Waals surface area contributed by atoms with E-state index < -0.39 is 5.97 Å². The fourth-order valence-corrected chi connectivity index (χ4v) is 2.04. The molecular weight excluding hydrogens is 290 g/mol. The third-order valence-corrected chi connectivity index (χ3v) is 3.36. The third-order valence-electron chi connectivity index (χ3n) is 3.03. The van der Waals surface area contributed by atoms with Gasteiger partial charge in [-0.05, 0) is 48.4 Å². The molecule has 0 heterocycles. The monoisotopic (exact) mass is 301 g/mol. The van der Waals surface area contributed by atoms with E-state index in [0.29, 0.717) is 11.3 Å². The van der Waals surface area contributed by atoms with Gasteiger partial charge in [0.05, 0.1) is 22.2 Å². The Morgan fingerprint density at radius 2 is 2.10 bits per heavy atom. The van der Waals surface area contributed by atoms with E-state index in [1.807, 2.05) is 13.0 Å². The summed E-state index contributed by atoms with van der Waals surface area (Å²) in [5, 5.41) is 18.0. The van der Waals surface area contributed by atoms with Gasteiger partial charge < -0.3 is 9.84 Å². The summed E-state index contributed by atoms with van der Waals surface area (Å²) < 4.78 is 5.59. The Labute approximate surface area is 127 Å². The number of aromatic carboxylic acids is 1. The normalized spacial score (nSPS) is 9.95. The molecule has 0 radical (unpaired) electrons. The number of nitrogens with zero attached hydrogens (tertiary/aromatic N) is 1. The van der Waals surface area contributed by atoms with Crippen LogP contribution in [0, 0.1) is 18.3 Å². The Morgan fingerprint density at radius 1 is 1.33 bits per heavy atom. The highest BCUT2D eigenvalue weighted by atomic mass is 35.5. The van der Waals surface area contributed by atoms with Crippen LogP contribution in [0.1, 0.15) is 27.0 Å². The number of hydrogen-bond acceptors (Lipinski definition) is 3. The molecule has 0 amide bonds. The van der Waals surface area contributed by atoms with Crippen LogP contribution in [-0.2, 0) is 6.61 Å². The van der Waals surface area contributed by atoms with Crippen molar-refractivity contribution in [1.29, 1.82) is 5.26 Å². The summed E-state index contributed by atoms with van der Waals surface area (Å²) in [6, 6.07) is 11.9. The first-order valence-corrected chi connectivity index (χ1v) is 6.54. The summed E-state index contributed by atoms with van der Waals surface area (Å²) in [6.07, 6.45) is 0. The van der Waals surface area contributed by atoms with E-state index in [-0.39, 0.29) is 17.2 Å². The molecule has 0 saturated heterocycles. The maximum Gasteiger partial charge on any atom is 0.337 e. The molecule has 0 saturated carbocycles. The molecule has 2 rings (SSSR count). The number of carboxylic acid groups (broad SMARTS) is 1. The van der Waals surface area contributed by atoms with Gasteiger partial charge >= 0.3 is 5.97 Å². The summed E-state index contributed by atoms with van der Waals surface area (Å²) in [5.41, 5.74) is 2.48. The van der Waals surface area contributed by atoms with Crippen LogP contribution in [0.3, 0.4) is 0 Å². The molecule has 0 fully saturated rings. The van der Waals surface area contributed by atoms with Crippen molar-refractivity contribution in [3.05, 3.63) is 63.7 Å². The van der Waals surface area contributed by atoms with Gasteiger partial charge in [0.15, 0.2) is 0 Å². The molecule has 0 aliphatic carbocycles. The Morgan fingerprint density at radius 3 is 2.71 bits per heavy atom. The first-order valence-electron chi connectivity index (χ1n) is 6.16. The van der Waals surface area contributed by atoms with Crippen molar-refractivity contribution in [2.45, 2.75) is 13.5 Å². The maximum atomic E-state index is 11.0. The summed E-state index contributed by atoms with van der Waals surface area (Å²) in [6.45, 7) is 2.18. The molecule has 2 aromatic carbocycles. The summed E-state index contributed by atoms with van der Waals surface area (Å²) in [4.78, 5) is 11.0. The number of hydrogen-bond donors (Lipinski definition) is 1. The lowest BCUT2D eigenvalue weighted by Gasteiger charge is -2.10. The fourth-order valence-electron chi connectivity index (χ4n) is 1.85. The van der Waals surface area contributed by atoms with Crippen molar-refractivity contribution >= 4 is 17.6 Å². The molecule has 0 aliphatic heterocycles. The Balaban J connectivity index is 2.15. The zero-order valence-corrected chi connectivity index (χ0v) is 12.0. The van der Waals surface area contributed by atoms with Crippen LogP contribution in [0.4, 0.5) is 0 Å². The van der Waals surface area contributed by atoms with Crippen molar-refractivity contribution in [3.8, 4) is 11.8 Å². The second kappa shape index (κ2) is 6.29. The van der Waals surface area contributed by atoms with Gasteiger partial charge in [-0.2, -0.15) is 5.26 Å². The molecule has 1 N–H and O–H groups in total. The zero-order chi connectivity index (χ0) is 15.4. The molecule has 0 aromatic heterocycles. The quantitative estimate of drug-likeness (QED) is 0.932. The third kappa shape index (κ3) is 3.53. The fraction of sp³-hybridized carbons (Fsp3) is 0.125. The number of carbonyl (C=O) groups is 1. The number of halogens is 1. The van der Waals surface area contributed by atoms with Crippen LogP contribution in [-0.4, -0.2) is 11.1 Å². The van der Waals surface area contributed by atoms with Crippen LogP contribution < -0.4 is 4.74 Å². The topological polar surface area (TPSA) is 70.3 Å². The standard InChI is InChI=1S/C16H12ClNO3/c1-10-6-11(8-18)2-3-12(10)9-21-13-4-5-15(17)14(7-13)16(19)20/h2-7H,9H2,1H3,(H,19,20). The number of nitriles is 1. The molecular formula is C16H12ClNO3. The van der Waals surface area contributed by atoms with E-state index in [1.165, 1.54) is 12.1 Å². The predicted molar refractivity (Wildman–Crippen MR) is 78.6 cm³/mol. The summed E-state index contributed by atoms with van der Waals surface area (Å²) in [7, 11) is 0. The first kappa shape index (κ1) is 14.9. The Hall–Kier alpha value is -2.51. The number of carboxylic acids is 1. The van der Waals surface area contributed by atoms with Crippen molar-refractivity contribution in [2.24, 2.45) is 0 Å². The van der Waals surface area contributed by atoms with E-state index in [0.717, 1.165) is 11.1 Å². The summed E-state index contributed by atoms with van der Waals surface area (Å²) in [5.74, 6) is -0.666. The maximum absolute atomic E-state index is 11.0. The van der Waals surface area contributed by atoms with Gasteiger partial charge in [0.1, 0.15) is 12.4 Å². The minimum absolute atomic E-state index is 0.00529. The van der Waals surface area contributed by atoms with E-state index in [9.17, 15) is 4.79 Å². The number of rotatable bonds is 4. The molecule has 0 bridgehead atoms. The van der Waals surface area contributed by atoms with Crippen LogP contribution in [0.2, 0.25) is 5.02 Å².